The molecule has 4 rings (SSSR count). The van der Waals surface area contributed by atoms with E-state index < -0.39 is 10.0 Å². The molecule has 3 aromatic rings. The van der Waals surface area contributed by atoms with Crippen LogP contribution >= 0.6 is 0 Å². The Labute approximate surface area is 178 Å². The number of benzene rings is 2. The van der Waals surface area contributed by atoms with Gasteiger partial charge in [-0.1, -0.05) is 29.8 Å². The summed E-state index contributed by atoms with van der Waals surface area (Å²) in [6, 6.07) is 18.4. The third-order valence-electron chi connectivity index (χ3n) is 5.37. The SMILES string of the molecule is Cc1ccc(S(=O)(=O)Nc2ccc(CN3CCN(Cc4ccco4)CC3)cc2)cc1. The van der Waals surface area contributed by atoms with Gasteiger partial charge in [0.15, 0.2) is 0 Å². The van der Waals surface area contributed by atoms with Crippen LogP contribution in [0.2, 0.25) is 0 Å². The lowest BCUT2D eigenvalue weighted by Crippen LogP contribution is -2.45. The maximum Gasteiger partial charge on any atom is 0.261 e. The highest BCUT2D eigenvalue weighted by atomic mass is 32.2. The number of aryl methyl sites for hydroxylation is 1. The van der Waals surface area contributed by atoms with Gasteiger partial charge in [0.25, 0.3) is 10.0 Å². The van der Waals surface area contributed by atoms with Gasteiger partial charge in [-0.15, -0.1) is 0 Å². The number of hydrogen-bond donors (Lipinski definition) is 1. The van der Waals surface area contributed by atoms with E-state index in [1.807, 2.05) is 43.3 Å². The minimum absolute atomic E-state index is 0.268. The van der Waals surface area contributed by atoms with Gasteiger partial charge in [0.05, 0.1) is 17.7 Å². The van der Waals surface area contributed by atoms with Crippen molar-refractivity contribution in [2.45, 2.75) is 24.9 Å². The molecule has 0 spiro atoms. The van der Waals surface area contributed by atoms with Crippen molar-refractivity contribution < 1.29 is 12.8 Å². The fourth-order valence-electron chi connectivity index (χ4n) is 3.60. The number of sulfonamides is 1. The molecule has 2 heterocycles. The van der Waals surface area contributed by atoms with Crippen LogP contribution in [0.3, 0.4) is 0 Å². The van der Waals surface area contributed by atoms with Crippen molar-refractivity contribution in [3.63, 3.8) is 0 Å². The van der Waals surface area contributed by atoms with E-state index in [9.17, 15) is 8.42 Å². The van der Waals surface area contributed by atoms with Crippen molar-refractivity contribution in [1.82, 2.24) is 9.80 Å². The Kier molecular flexibility index (Phi) is 6.22. The summed E-state index contributed by atoms with van der Waals surface area (Å²) < 4.78 is 33.1. The molecule has 0 atom stereocenters. The smallest absolute Gasteiger partial charge is 0.261 e. The summed E-state index contributed by atoms with van der Waals surface area (Å²) in [5.74, 6) is 1.01. The van der Waals surface area contributed by atoms with Crippen LogP contribution in [0.25, 0.3) is 0 Å². The van der Waals surface area contributed by atoms with Gasteiger partial charge >= 0.3 is 0 Å². The maximum atomic E-state index is 12.5. The summed E-state index contributed by atoms with van der Waals surface area (Å²) in [6.45, 7) is 7.67. The van der Waals surface area contributed by atoms with Crippen molar-refractivity contribution in [3.05, 3.63) is 83.8 Å². The largest absolute Gasteiger partial charge is 0.468 e. The molecule has 0 unspecified atom stereocenters. The average Bonchev–Trinajstić information content (AvgIpc) is 3.24. The number of nitrogens with zero attached hydrogens (tertiary/aromatic N) is 2. The predicted molar refractivity (Wildman–Crippen MR) is 118 cm³/mol. The zero-order chi connectivity index (χ0) is 21.0. The van der Waals surface area contributed by atoms with E-state index in [-0.39, 0.29) is 4.90 Å². The second-order valence-electron chi connectivity index (χ2n) is 7.75. The summed E-state index contributed by atoms with van der Waals surface area (Å²) in [7, 11) is -3.57. The van der Waals surface area contributed by atoms with Gasteiger partial charge in [0.2, 0.25) is 0 Å². The summed E-state index contributed by atoms with van der Waals surface area (Å²) >= 11 is 0. The highest BCUT2D eigenvalue weighted by molar-refractivity contribution is 7.92. The van der Waals surface area contributed by atoms with E-state index in [1.54, 1.807) is 30.5 Å². The molecule has 0 radical (unpaired) electrons. The molecule has 7 heteroatoms. The van der Waals surface area contributed by atoms with Gasteiger partial charge in [-0.3, -0.25) is 14.5 Å². The minimum atomic E-state index is -3.57. The van der Waals surface area contributed by atoms with Crippen LogP contribution in [-0.2, 0) is 23.1 Å². The second-order valence-corrected chi connectivity index (χ2v) is 9.43. The number of furan rings is 1. The van der Waals surface area contributed by atoms with E-state index in [1.165, 1.54) is 5.56 Å². The molecular formula is C23H27N3O3S. The molecule has 0 amide bonds. The van der Waals surface area contributed by atoms with Gasteiger partial charge in [-0.2, -0.15) is 0 Å². The van der Waals surface area contributed by atoms with Gasteiger partial charge in [-0.05, 0) is 48.9 Å². The lowest BCUT2D eigenvalue weighted by atomic mass is 10.2. The number of anilines is 1. The van der Waals surface area contributed by atoms with Crippen molar-refractivity contribution in [2.24, 2.45) is 0 Å². The molecule has 6 nitrogen and oxygen atoms in total. The van der Waals surface area contributed by atoms with E-state index in [0.717, 1.165) is 50.6 Å². The molecule has 1 saturated heterocycles. The molecule has 0 saturated carbocycles. The monoisotopic (exact) mass is 425 g/mol. The first-order chi connectivity index (χ1) is 14.5. The Morgan fingerprint density at radius 3 is 2.10 bits per heavy atom. The minimum Gasteiger partial charge on any atom is -0.468 e. The van der Waals surface area contributed by atoms with Crippen LogP contribution in [0.15, 0.2) is 76.2 Å². The topological polar surface area (TPSA) is 65.8 Å². The molecule has 2 aromatic carbocycles. The first-order valence-corrected chi connectivity index (χ1v) is 11.6. The predicted octanol–water partition coefficient (Wildman–Crippen LogP) is 3.71. The maximum absolute atomic E-state index is 12.5. The fourth-order valence-corrected chi connectivity index (χ4v) is 4.65. The molecule has 158 valence electrons. The standard InChI is InChI=1S/C23H27N3O3S/c1-19-4-10-23(11-5-19)30(27,28)24-21-8-6-20(7-9-21)17-25-12-14-26(15-13-25)18-22-3-2-16-29-22/h2-11,16,24H,12-15,17-18H2,1H3. The Bertz CT molecular complexity index is 1040. The normalized spacial score (nSPS) is 15.9. The average molecular weight is 426 g/mol. The van der Waals surface area contributed by atoms with Gasteiger partial charge in [0.1, 0.15) is 5.76 Å². The molecule has 30 heavy (non-hydrogen) atoms. The molecule has 1 N–H and O–H groups in total. The van der Waals surface area contributed by atoms with E-state index >= 15 is 0 Å². The summed E-state index contributed by atoms with van der Waals surface area (Å²) in [5, 5.41) is 0. The molecule has 0 aliphatic carbocycles. The lowest BCUT2D eigenvalue weighted by Gasteiger charge is -2.34. The van der Waals surface area contributed by atoms with Gasteiger partial charge < -0.3 is 4.42 Å². The highest BCUT2D eigenvalue weighted by Crippen LogP contribution is 2.18. The van der Waals surface area contributed by atoms with E-state index in [0.29, 0.717) is 5.69 Å². The van der Waals surface area contributed by atoms with Crippen molar-refractivity contribution >= 4 is 15.7 Å². The van der Waals surface area contributed by atoms with Crippen LogP contribution in [-0.4, -0.2) is 44.4 Å². The Hall–Kier alpha value is -2.61. The quantitative estimate of drug-likeness (QED) is 0.625. The molecular weight excluding hydrogens is 398 g/mol. The van der Waals surface area contributed by atoms with Crippen LogP contribution in [0, 0.1) is 6.92 Å². The first kappa shape index (κ1) is 20.7. The Balaban J connectivity index is 1.29. The molecule has 1 aliphatic rings. The number of rotatable bonds is 7. The number of hydrogen-bond acceptors (Lipinski definition) is 5. The Morgan fingerprint density at radius 2 is 1.50 bits per heavy atom. The third-order valence-corrected chi connectivity index (χ3v) is 6.77. The molecule has 1 aliphatic heterocycles. The zero-order valence-corrected chi connectivity index (χ0v) is 17.9. The van der Waals surface area contributed by atoms with E-state index in [4.69, 9.17) is 4.42 Å². The molecule has 1 aromatic heterocycles. The summed E-state index contributed by atoms with van der Waals surface area (Å²) in [5.41, 5.74) is 2.77. The summed E-state index contributed by atoms with van der Waals surface area (Å²) in [4.78, 5) is 5.09. The van der Waals surface area contributed by atoms with E-state index in [2.05, 4.69) is 14.5 Å². The first-order valence-electron chi connectivity index (χ1n) is 10.1. The van der Waals surface area contributed by atoms with Crippen LogP contribution in [0.4, 0.5) is 5.69 Å². The van der Waals surface area contributed by atoms with Crippen LogP contribution in [0.5, 0.6) is 0 Å². The summed E-state index contributed by atoms with van der Waals surface area (Å²) in [6.07, 6.45) is 1.72. The number of piperazine rings is 1. The third kappa shape index (κ3) is 5.30. The lowest BCUT2D eigenvalue weighted by molar-refractivity contribution is 0.116. The highest BCUT2D eigenvalue weighted by Gasteiger charge is 2.18. The van der Waals surface area contributed by atoms with Crippen molar-refractivity contribution in [1.29, 1.82) is 0 Å². The van der Waals surface area contributed by atoms with Crippen LogP contribution < -0.4 is 4.72 Å². The molecule has 0 bridgehead atoms. The fraction of sp³-hybridized carbons (Fsp3) is 0.304. The van der Waals surface area contributed by atoms with Crippen molar-refractivity contribution in [2.75, 3.05) is 30.9 Å². The van der Waals surface area contributed by atoms with Crippen LogP contribution in [0.1, 0.15) is 16.9 Å². The van der Waals surface area contributed by atoms with Gasteiger partial charge in [0, 0.05) is 38.4 Å². The second kappa shape index (κ2) is 9.04. The number of nitrogens with one attached hydrogen (secondary N) is 1. The van der Waals surface area contributed by atoms with Gasteiger partial charge in [-0.25, -0.2) is 8.42 Å². The Morgan fingerprint density at radius 1 is 0.867 bits per heavy atom. The molecule has 1 fully saturated rings. The van der Waals surface area contributed by atoms with Crippen molar-refractivity contribution in [3.8, 4) is 0 Å². The zero-order valence-electron chi connectivity index (χ0n) is 17.1.